The molecule has 6 nitrogen and oxygen atoms in total. The van der Waals surface area contributed by atoms with Gasteiger partial charge in [0.1, 0.15) is 5.60 Å². The summed E-state index contributed by atoms with van der Waals surface area (Å²) >= 11 is 0. The van der Waals surface area contributed by atoms with Crippen LogP contribution in [0.25, 0.3) is 0 Å². The Labute approximate surface area is 94.9 Å². The maximum absolute atomic E-state index is 11.1. The van der Waals surface area contributed by atoms with Gasteiger partial charge in [0.25, 0.3) is 0 Å². The third-order valence-electron chi connectivity index (χ3n) is 1.37. The van der Waals surface area contributed by atoms with Crippen molar-refractivity contribution >= 4 is 12.1 Å². The van der Waals surface area contributed by atoms with Crippen LogP contribution in [0.15, 0.2) is 0 Å². The summed E-state index contributed by atoms with van der Waals surface area (Å²) in [4.78, 5) is 21.2. The van der Waals surface area contributed by atoms with Crippen LogP contribution in [-0.2, 0) is 14.3 Å². The van der Waals surface area contributed by atoms with E-state index in [-0.39, 0.29) is 19.6 Å². The van der Waals surface area contributed by atoms with Crippen molar-refractivity contribution in [2.45, 2.75) is 32.8 Å². The van der Waals surface area contributed by atoms with Gasteiger partial charge < -0.3 is 19.9 Å². The molecule has 0 heterocycles. The number of rotatable bonds is 6. The van der Waals surface area contributed by atoms with Crippen molar-refractivity contribution in [2.24, 2.45) is 0 Å². The van der Waals surface area contributed by atoms with Crippen LogP contribution >= 0.6 is 0 Å². The predicted molar refractivity (Wildman–Crippen MR) is 57.3 cm³/mol. The minimum atomic E-state index is -0.903. The lowest BCUT2D eigenvalue weighted by Gasteiger charge is -2.19. The molecule has 0 unspecified atom stereocenters. The van der Waals surface area contributed by atoms with E-state index in [0.29, 0.717) is 6.54 Å². The lowest BCUT2D eigenvalue weighted by atomic mass is 10.2. The van der Waals surface area contributed by atoms with Crippen molar-refractivity contribution in [1.29, 1.82) is 0 Å². The van der Waals surface area contributed by atoms with Gasteiger partial charge >= 0.3 is 12.1 Å². The lowest BCUT2D eigenvalue weighted by molar-refractivity contribution is -0.138. The van der Waals surface area contributed by atoms with E-state index in [0.717, 1.165) is 0 Å². The normalized spacial score (nSPS) is 10.9. The van der Waals surface area contributed by atoms with Crippen molar-refractivity contribution in [1.82, 2.24) is 5.32 Å². The van der Waals surface area contributed by atoms with E-state index < -0.39 is 17.7 Å². The summed E-state index contributed by atoms with van der Waals surface area (Å²) in [7, 11) is 0. The van der Waals surface area contributed by atoms with Gasteiger partial charge in [-0.05, 0) is 20.8 Å². The molecule has 0 radical (unpaired) electrons. The first-order chi connectivity index (χ1) is 7.31. The minimum Gasteiger partial charge on any atom is -0.481 e. The summed E-state index contributed by atoms with van der Waals surface area (Å²) in [5, 5.41) is 10.8. The Morgan fingerprint density at radius 3 is 2.38 bits per heavy atom. The molecule has 0 spiro atoms. The van der Waals surface area contributed by atoms with Crippen LogP contribution < -0.4 is 5.32 Å². The van der Waals surface area contributed by atoms with E-state index >= 15 is 0 Å². The molecule has 0 aliphatic heterocycles. The summed E-state index contributed by atoms with van der Waals surface area (Å²) < 4.78 is 9.96. The van der Waals surface area contributed by atoms with Gasteiger partial charge in [-0.1, -0.05) is 0 Å². The standard InChI is InChI=1S/C10H19NO5/c1-10(2,3)16-9(14)11-5-7-15-6-4-8(12)13/h4-7H2,1-3H3,(H,11,14)(H,12,13). The van der Waals surface area contributed by atoms with E-state index in [1.54, 1.807) is 20.8 Å². The van der Waals surface area contributed by atoms with Crippen molar-refractivity contribution in [3.63, 3.8) is 0 Å². The number of hydrogen-bond donors (Lipinski definition) is 2. The van der Waals surface area contributed by atoms with Crippen LogP contribution in [0.2, 0.25) is 0 Å². The van der Waals surface area contributed by atoms with Gasteiger partial charge in [-0.2, -0.15) is 0 Å². The highest BCUT2D eigenvalue weighted by atomic mass is 16.6. The molecule has 0 aliphatic rings. The molecule has 2 N–H and O–H groups in total. The number of carbonyl (C=O) groups is 2. The molecule has 0 aromatic carbocycles. The van der Waals surface area contributed by atoms with Gasteiger partial charge in [0.05, 0.1) is 19.6 Å². The second kappa shape index (κ2) is 7.05. The zero-order valence-corrected chi connectivity index (χ0v) is 9.91. The van der Waals surface area contributed by atoms with Crippen molar-refractivity contribution < 1.29 is 24.2 Å². The van der Waals surface area contributed by atoms with E-state index in [1.807, 2.05) is 0 Å². The molecule has 0 saturated carbocycles. The van der Waals surface area contributed by atoms with Crippen LogP contribution in [0.5, 0.6) is 0 Å². The number of carboxylic acids is 1. The van der Waals surface area contributed by atoms with Gasteiger partial charge in [0.2, 0.25) is 0 Å². The Morgan fingerprint density at radius 1 is 1.25 bits per heavy atom. The molecule has 0 atom stereocenters. The SMILES string of the molecule is CC(C)(C)OC(=O)NCCOCCC(=O)O. The van der Waals surface area contributed by atoms with Gasteiger partial charge in [0, 0.05) is 6.54 Å². The van der Waals surface area contributed by atoms with Gasteiger partial charge in [-0.3, -0.25) is 4.79 Å². The summed E-state index contributed by atoms with van der Waals surface area (Å²) in [6.07, 6.45) is -0.541. The molecular formula is C10H19NO5. The summed E-state index contributed by atoms with van der Waals surface area (Å²) in [5.41, 5.74) is -0.520. The number of aliphatic carboxylic acids is 1. The number of nitrogens with one attached hydrogen (secondary N) is 1. The summed E-state index contributed by atoms with van der Waals surface area (Å²) in [6.45, 7) is 6.04. The first-order valence-electron chi connectivity index (χ1n) is 5.07. The van der Waals surface area contributed by atoms with Crippen molar-refractivity contribution in [2.75, 3.05) is 19.8 Å². The van der Waals surface area contributed by atoms with E-state index in [9.17, 15) is 9.59 Å². The number of ether oxygens (including phenoxy) is 2. The van der Waals surface area contributed by atoms with E-state index in [4.69, 9.17) is 14.6 Å². The smallest absolute Gasteiger partial charge is 0.407 e. The van der Waals surface area contributed by atoms with E-state index in [1.165, 1.54) is 0 Å². The maximum atomic E-state index is 11.1. The van der Waals surface area contributed by atoms with Crippen LogP contribution in [0, 0.1) is 0 Å². The van der Waals surface area contributed by atoms with Crippen molar-refractivity contribution in [3.8, 4) is 0 Å². The third kappa shape index (κ3) is 10.8. The topological polar surface area (TPSA) is 84.9 Å². The molecular weight excluding hydrogens is 214 g/mol. The third-order valence-corrected chi connectivity index (χ3v) is 1.37. The highest BCUT2D eigenvalue weighted by Gasteiger charge is 2.15. The largest absolute Gasteiger partial charge is 0.481 e. The molecule has 0 saturated heterocycles. The van der Waals surface area contributed by atoms with Crippen LogP contribution in [0.4, 0.5) is 4.79 Å². The molecule has 0 aromatic rings. The minimum absolute atomic E-state index is 0.0353. The molecule has 6 heteroatoms. The summed E-state index contributed by atoms with van der Waals surface area (Å²) in [6, 6.07) is 0. The highest BCUT2D eigenvalue weighted by molar-refractivity contribution is 5.67. The number of carboxylic acid groups (broad SMARTS) is 1. The second-order valence-electron chi connectivity index (χ2n) is 4.18. The zero-order valence-electron chi connectivity index (χ0n) is 9.91. The van der Waals surface area contributed by atoms with Crippen LogP contribution in [0.1, 0.15) is 27.2 Å². The van der Waals surface area contributed by atoms with Crippen LogP contribution in [-0.4, -0.2) is 42.5 Å². The molecule has 16 heavy (non-hydrogen) atoms. The Morgan fingerprint density at radius 2 is 1.88 bits per heavy atom. The molecule has 0 aliphatic carbocycles. The Hall–Kier alpha value is -1.30. The Kier molecular flexibility index (Phi) is 6.48. The van der Waals surface area contributed by atoms with E-state index in [2.05, 4.69) is 5.32 Å². The molecule has 1 amide bonds. The fraction of sp³-hybridized carbons (Fsp3) is 0.800. The average molecular weight is 233 g/mol. The van der Waals surface area contributed by atoms with Gasteiger partial charge in [-0.25, -0.2) is 4.79 Å². The van der Waals surface area contributed by atoms with Crippen LogP contribution in [0.3, 0.4) is 0 Å². The van der Waals surface area contributed by atoms with Crippen molar-refractivity contribution in [3.05, 3.63) is 0 Å². The second-order valence-corrected chi connectivity index (χ2v) is 4.18. The Bertz CT molecular complexity index is 234. The first kappa shape index (κ1) is 14.7. The zero-order chi connectivity index (χ0) is 12.6. The maximum Gasteiger partial charge on any atom is 0.407 e. The average Bonchev–Trinajstić information content (AvgIpc) is 2.07. The molecule has 0 fully saturated rings. The van der Waals surface area contributed by atoms with Gasteiger partial charge in [-0.15, -0.1) is 0 Å². The number of amides is 1. The fourth-order valence-corrected chi connectivity index (χ4v) is 0.801. The first-order valence-corrected chi connectivity index (χ1v) is 5.07. The van der Waals surface area contributed by atoms with Gasteiger partial charge in [0.15, 0.2) is 0 Å². The molecule has 0 aromatic heterocycles. The summed E-state index contributed by atoms with van der Waals surface area (Å²) in [5.74, 6) is -0.903. The molecule has 94 valence electrons. The quantitative estimate of drug-likeness (QED) is 0.668. The molecule has 0 bridgehead atoms. The number of hydrogen-bond acceptors (Lipinski definition) is 4. The predicted octanol–water partition coefficient (Wildman–Crippen LogP) is 1.00. The number of alkyl carbamates (subject to hydrolysis) is 1. The fourth-order valence-electron chi connectivity index (χ4n) is 0.801. The Balaban J connectivity index is 3.38. The number of carbonyl (C=O) groups excluding carboxylic acids is 1. The molecule has 0 rings (SSSR count). The monoisotopic (exact) mass is 233 g/mol. The lowest BCUT2D eigenvalue weighted by Crippen LogP contribution is -2.34. The highest BCUT2D eigenvalue weighted by Crippen LogP contribution is 2.05.